The summed E-state index contributed by atoms with van der Waals surface area (Å²) in [6.45, 7) is 4.50. The molecule has 0 radical (unpaired) electrons. The Balaban J connectivity index is 1.10. The summed E-state index contributed by atoms with van der Waals surface area (Å²) in [5.74, 6) is 0. The monoisotopic (exact) mass is 716 g/mol. The van der Waals surface area contributed by atoms with Crippen molar-refractivity contribution in [3.8, 4) is 55.6 Å². The maximum atomic E-state index is 4.50. The molecule has 1 aliphatic rings. The quantitative estimate of drug-likeness (QED) is 0.168. The van der Waals surface area contributed by atoms with Crippen molar-refractivity contribution in [2.24, 2.45) is 0 Å². The van der Waals surface area contributed by atoms with Crippen LogP contribution in [-0.2, 0) is 0 Å². The van der Waals surface area contributed by atoms with Crippen molar-refractivity contribution in [3.05, 3.63) is 237 Å². The highest BCUT2D eigenvalue weighted by molar-refractivity contribution is 5.91. The molecule has 0 saturated heterocycles. The van der Waals surface area contributed by atoms with Crippen LogP contribution in [0.3, 0.4) is 0 Å². The van der Waals surface area contributed by atoms with E-state index in [1.807, 2.05) is 0 Å². The average molecular weight is 717 g/mol. The molecule has 0 bridgehead atoms. The van der Waals surface area contributed by atoms with E-state index in [4.69, 9.17) is 0 Å². The van der Waals surface area contributed by atoms with Crippen molar-refractivity contribution in [1.29, 1.82) is 0 Å². The molecule has 0 fully saturated rings. The Hall–Kier alpha value is -7.42. The average Bonchev–Trinajstić information content (AvgIpc) is 3.27. The topological polar surface area (TPSA) is 15.3 Å². The van der Waals surface area contributed by atoms with Crippen LogP contribution in [0.1, 0.15) is 5.56 Å². The molecule has 8 aromatic rings. The van der Waals surface area contributed by atoms with E-state index in [0.29, 0.717) is 0 Å². The first-order valence-corrected chi connectivity index (χ1v) is 19.0. The maximum Gasteiger partial charge on any atom is 0.0534 e. The van der Waals surface area contributed by atoms with Crippen LogP contribution in [0.25, 0.3) is 61.2 Å². The van der Waals surface area contributed by atoms with Crippen LogP contribution in [0, 0.1) is 0 Å². The lowest BCUT2D eigenvalue weighted by Gasteiger charge is -2.26. The minimum absolute atomic E-state index is 0.964. The smallest absolute Gasteiger partial charge is 0.0534 e. The fourth-order valence-electron chi connectivity index (χ4n) is 7.47. The van der Waals surface area contributed by atoms with Gasteiger partial charge in [0.2, 0.25) is 0 Å². The number of fused-ring (bicyclic) bond motifs is 1. The maximum absolute atomic E-state index is 4.50. The van der Waals surface area contributed by atoms with Crippen molar-refractivity contribution in [2.45, 2.75) is 0 Å². The lowest BCUT2D eigenvalue weighted by molar-refractivity contribution is 1.27. The molecule has 9 rings (SSSR count). The first-order chi connectivity index (χ1) is 27.7. The second kappa shape index (κ2) is 15.5. The first kappa shape index (κ1) is 34.4. The summed E-state index contributed by atoms with van der Waals surface area (Å²) in [4.78, 5) is 2.25. The molecule has 0 atom stereocenters. The van der Waals surface area contributed by atoms with Gasteiger partial charge in [-0.25, -0.2) is 0 Å². The van der Waals surface area contributed by atoms with Crippen LogP contribution in [0.4, 0.5) is 22.7 Å². The predicted octanol–water partition coefficient (Wildman–Crippen LogP) is 15.0. The van der Waals surface area contributed by atoms with Crippen LogP contribution in [0.5, 0.6) is 0 Å². The molecule has 1 aliphatic heterocycles. The van der Waals surface area contributed by atoms with E-state index in [1.165, 1.54) is 33.4 Å². The minimum Gasteiger partial charge on any atom is -0.355 e. The van der Waals surface area contributed by atoms with Crippen molar-refractivity contribution >= 4 is 28.3 Å². The third-order valence-corrected chi connectivity index (χ3v) is 10.4. The summed E-state index contributed by atoms with van der Waals surface area (Å²) in [5.41, 5.74) is 17.9. The molecular formula is C54H40N2. The Morgan fingerprint density at radius 1 is 0.375 bits per heavy atom. The second-order valence-electron chi connectivity index (χ2n) is 14.0. The van der Waals surface area contributed by atoms with Gasteiger partial charge in [0, 0.05) is 34.4 Å². The fourth-order valence-corrected chi connectivity index (χ4v) is 7.47. The predicted molar refractivity (Wildman–Crippen MR) is 239 cm³/mol. The summed E-state index contributed by atoms with van der Waals surface area (Å²) >= 11 is 0. The summed E-state index contributed by atoms with van der Waals surface area (Å²) in [5, 5.41) is 3.84. The number of nitrogens with zero attached hydrogens (tertiary/aromatic N) is 1. The van der Waals surface area contributed by atoms with Gasteiger partial charge in [0.15, 0.2) is 0 Å². The number of benzene rings is 8. The zero-order valence-corrected chi connectivity index (χ0v) is 31.0. The molecule has 8 aromatic carbocycles. The fraction of sp³-hybridized carbons (Fsp3) is 0. The van der Waals surface area contributed by atoms with E-state index in [9.17, 15) is 0 Å². The van der Waals surface area contributed by atoms with Crippen LogP contribution in [0.15, 0.2) is 231 Å². The summed E-state index contributed by atoms with van der Waals surface area (Å²) in [6.07, 6.45) is 8.35. The van der Waals surface area contributed by atoms with Crippen molar-refractivity contribution in [1.82, 2.24) is 0 Å². The van der Waals surface area contributed by atoms with Crippen LogP contribution in [0.2, 0.25) is 0 Å². The Morgan fingerprint density at radius 2 is 0.857 bits per heavy atom. The van der Waals surface area contributed by atoms with Gasteiger partial charge < -0.3 is 10.2 Å². The number of anilines is 4. The molecule has 0 unspecified atom stereocenters. The number of nitrogens with one attached hydrogen (secondary N) is 1. The molecule has 2 heteroatoms. The van der Waals surface area contributed by atoms with E-state index in [0.717, 1.165) is 56.1 Å². The first-order valence-electron chi connectivity index (χ1n) is 19.0. The van der Waals surface area contributed by atoms with Crippen LogP contribution in [-0.4, -0.2) is 0 Å². The highest BCUT2D eigenvalue weighted by Crippen LogP contribution is 2.41. The molecule has 0 saturated carbocycles. The Labute approximate surface area is 329 Å². The van der Waals surface area contributed by atoms with Gasteiger partial charge in [-0.15, -0.1) is 0 Å². The third kappa shape index (κ3) is 7.24. The van der Waals surface area contributed by atoms with Gasteiger partial charge in [0.1, 0.15) is 0 Å². The van der Waals surface area contributed by atoms with Gasteiger partial charge in [-0.05, 0) is 116 Å². The number of hydrogen-bond acceptors (Lipinski definition) is 2. The molecule has 1 N–H and O–H groups in total. The molecule has 0 amide bonds. The zero-order chi connectivity index (χ0) is 37.7. The number of hydrogen-bond donors (Lipinski definition) is 1. The zero-order valence-electron chi connectivity index (χ0n) is 31.0. The number of rotatable bonds is 8. The standard InChI is InChI=1S/C54H40N2/c1-39-16-14-15-33-56(50-29-25-43(26-30-50)40-17-6-2-7-18-40)54-32-28-46(37-51(39)54)45-27-31-53(52(38-45)44-23-12-5-13-24-44)55-49-35-47(41-19-8-3-9-20-41)34-48(36-49)42-21-10-4-11-22-42/h2-38,55H,1H2/b16-14-,33-15-. The summed E-state index contributed by atoms with van der Waals surface area (Å²) in [6, 6.07) is 71.3. The molecule has 1 heterocycles. The van der Waals surface area contributed by atoms with Gasteiger partial charge in [-0.3, -0.25) is 0 Å². The Bertz CT molecular complexity index is 2640. The number of allylic oxidation sites excluding steroid dienone is 4. The summed E-state index contributed by atoms with van der Waals surface area (Å²) in [7, 11) is 0. The SMILES string of the molecule is C=C1/C=C\C=C/N(c2ccc(-c3ccccc3)cc2)c2ccc(-c3ccc(Nc4cc(-c5ccccc5)cc(-c5ccccc5)c4)c(-c4ccccc4)c3)cc21. The molecule has 56 heavy (non-hydrogen) atoms. The van der Waals surface area contributed by atoms with E-state index >= 15 is 0 Å². The lowest BCUT2D eigenvalue weighted by Crippen LogP contribution is -2.11. The van der Waals surface area contributed by atoms with Gasteiger partial charge in [-0.2, -0.15) is 0 Å². The van der Waals surface area contributed by atoms with Gasteiger partial charge in [0.05, 0.1) is 5.69 Å². The third-order valence-electron chi connectivity index (χ3n) is 10.4. The molecule has 0 aromatic heterocycles. The molecular weight excluding hydrogens is 677 g/mol. The van der Waals surface area contributed by atoms with Gasteiger partial charge >= 0.3 is 0 Å². The highest BCUT2D eigenvalue weighted by atomic mass is 15.1. The summed E-state index contributed by atoms with van der Waals surface area (Å²) < 4.78 is 0. The normalized spacial score (nSPS) is 13.3. The van der Waals surface area contributed by atoms with Gasteiger partial charge in [-0.1, -0.05) is 164 Å². The minimum atomic E-state index is 0.964. The second-order valence-corrected chi connectivity index (χ2v) is 14.0. The highest BCUT2D eigenvalue weighted by Gasteiger charge is 2.17. The Morgan fingerprint density at radius 3 is 1.45 bits per heavy atom. The van der Waals surface area contributed by atoms with Crippen molar-refractivity contribution < 1.29 is 0 Å². The molecule has 2 nitrogen and oxygen atoms in total. The van der Waals surface area contributed by atoms with Gasteiger partial charge in [0.25, 0.3) is 0 Å². The molecule has 0 spiro atoms. The Kier molecular flexibility index (Phi) is 9.52. The molecule has 0 aliphatic carbocycles. The lowest BCUT2D eigenvalue weighted by atomic mass is 9.93. The van der Waals surface area contributed by atoms with Crippen LogP contribution >= 0.6 is 0 Å². The van der Waals surface area contributed by atoms with E-state index in [2.05, 4.69) is 241 Å². The van der Waals surface area contributed by atoms with Crippen molar-refractivity contribution in [3.63, 3.8) is 0 Å². The van der Waals surface area contributed by atoms with E-state index < -0.39 is 0 Å². The van der Waals surface area contributed by atoms with E-state index in [1.54, 1.807) is 0 Å². The van der Waals surface area contributed by atoms with Crippen molar-refractivity contribution in [2.75, 3.05) is 10.2 Å². The van der Waals surface area contributed by atoms with Crippen LogP contribution < -0.4 is 10.2 Å². The molecule has 266 valence electrons. The largest absolute Gasteiger partial charge is 0.355 e. The van der Waals surface area contributed by atoms with E-state index in [-0.39, 0.29) is 0 Å².